The van der Waals surface area contributed by atoms with Gasteiger partial charge in [0.1, 0.15) is 0 Å². The van der Waals surface area contributed by atoms with E-state index in [-0.39, 0.29) is 16.1 Å². The molecule has 43 heavy (non-hydrogen) atoms. The Hall–Kier alpha value is -4.54. The molecule has 1 fully saturated rings. The summed E-state index contributed by atoms with van der Waals surface area (Å²) in [6.07, 6.45) is 3.22. The summed E-state index contributed by atoms with van der Waals surface area (Å²) in [7, 11) is -2.31. The first kappa shape index (κ1) is 29.9. The van der Waals surface area contributed by atoms with Gasteiger partial charge in [0.05, 0.1) is 23.0 Å². The van der Waals surface area contributed by atoms with Crippen LogP contribution < -0.4 is 5.14 Å². The topological polar surface area (TPSA) is 165 Å². The Morgan fingerprint density at radius 2 is 1.86 bits per heavy atom. The van der Waals surface area contributed by atoms with Crippen molar-refractivity contribution in [2.75, 3.05) is 0 Å². The standard InChI is InChI=1S/C31H24FN5O3S2.H2O/c32-25-13-20(8-11-28(25)42(34)40)12-24-27(14-18-4-5-18)37(31-35-26(17-41-31)30(38)39)36-29(24)23-3-1-2-22(15-23)21-9-6-19(16-33)7-10-21;/h1-3,6-11,13,15,17-18H,4-5,12,14H2,(H2,34,40)(H,38,39);1H2. The molecule has 12 heteroatoms. The number of aromatic nitrogens is 3. The van der Waals surface area contributed by atoms with Gasteiger partial charge in [0.15, 0.2) is 22.5 Å². The summed E-state index contributed by atoms with van der Waals surface area (Å²) in [5.74, 6) is -1.27. The SMILES string of the molecule is N#Cc1ccc(-c2cccc(-c3nn(-c4nc(C(=O)O)cs4)c(CC4CC4)c3Cc3ccc([SH+](N)=O)c(F)c3)c2)cc1.[OH-]. The Bertz CT molecular complexity index is 1890. The number of rotatable bonds is 9. The monoisotopic (exact) mass is 615 g/mol. The third kappa shape index (κ3) is 6.30. The van der Waals surface area contributed by atoms with Crippen molar-refractivity contribution < 1.29 is 24.0 Å². The normalized spacial score (nSPS) is 13.2. The van der Waals surface area contributed by atoms with E-state index in [1.54, 1.807) is 22.9 Å². The molecule has 1 atom stereocenters. The summed E-state index contributed by atoms with van der Waals surface area (Å²) < 4.78 is 28.3. The summed E-state index contributed by atoms with van der Waals surface area (Å²) in [6.45, 7) is 0. The van der Waals surface area contributed by atoms with Crippen molar-refractivity contribution in [3.8, 4) is 33.6 Å². The van der Waals surface area contributed by atoms with Crippen LogP contribution in [0.4, 0.5) is 4.39 Å². The van der Waals surface area contributed by atoms with Gasteiger partial charge in [-0.1, -0.05) is 40.6 Å². The van der Waals surface area contributed by atoms with Gasteiger partial charge in [-0.3, -0.25) is 0 Å². The maximum Gasteiger partial charge on any atom is 0.355 e. The van der Waals surface area contributed by atoms with E-state index in [0.717, 1.165) is 47.2 Å². The van der Waals surface area contributed by atoms with Crippen LogP contribution in [0.5, 0.6) is 0 Å². The molecule has 0 amide bonds. The van der Waals surface area contributed by atoms with Crippen molar-refractivity contribution >= 4 is 28.3 Å². The lowest BCUT2D eigenvalue weighted by Crippen LogP contribution is -2.07. The molecule has 5 aromatic rings. The second-order valence-corrected chi connectivity index (χ2v) is 12.2. The number of halogens is 1. The molecule has 2 aromatic heterocycles. The van der Waals surface area contributed by atoms with Crippen LogP contribution in [0, 0.1) is 23.1 Å². The zero-order valence-electron chi connectivity index (χ0n) is 22.6. The predicted molar refractivity (Wildman–Crippen MR) is 161 cm³/mol. The number of carboxylic acids is 1. The van der Waals surface area contributed by atoms with Crippen LogP contribution in [-0.4, -0.2) is 31.3 Å². The lowest BCUT2D eigenvalue weighted by atomic mass is 9.95. The number of carboxylic acid groups (broad SMARTS) is 1. The molecule has 4 N–H and O–H groups in total. The molecule has 0 saturated heterocycles. The number of thiol groups is 1. The van der Waals surface area contributed by atoms with E-state index in [2.05, 4.69) is 11.1 Å². The molecule has 0 radical (unpaired) electrons. The quantitative estimate of drug-likeness (QED) is 0.159. The Labute approximate surface area is 253 Å². The van der Waals surface area contributed by atoms with Crippen molar-refractivity contribution in [3.05, 3.63) is 106 Å². The number of nitrogens with two attached hydrogens (primary N) is 1. The van der Waals surface area contributed by atoms with Gasteiger partial charge in [-0.15, -0.1) is 16.5 Å². The van der Waals surface area contributed by atoms with E-state index in [4.69, 9.17) is 10.2 Å². The lowest BCUT2D eigenvalue weighted by Gasteiger charge is -2.10. The predicted octanol–water partition coefficient (Wildman–Crippen LogP) is 5.67. The highest BCUT2D eigenvalue weighted by Gasteiger charge is 2.29. The molecule has 0 bridgehead atoms. The van der Waals surface area contributed by atoms with Crippen LogP contribution in [-0.2, 0) is 28.0 Å². The smallest absolute Gasteiger partial charge is 0.355 e. The minimum atomic E-state index is -2.31. The number of hydrogen-bond acceptors (Lipinski definition) is 7. The van der Waals surface area contributed by atoms with Gasteiger partial charge in [-0.05, 0) is 72.2 Å². The third-order valence-corrected chi connectivity index (χ3v) is 8.93. The molecule has 3 aromatic carbocycles. The molecule has 0 aliphatic heterocycles. The van der Waals surface area contributed by atoms with Gasteiger partial charge in [0.25, 0.3) is 0 Å². The molecule has 2 heterocycles. The second-order valence-electron chi connectivity index (χ2n) is 10.2. The Kier molecular flexibility index (Phi) is 8.61. The molecule has 218 valence electrons. The average molecular weight is 616 g/mol. The van der Waals surface area contributed by atoms with Crippen molar-refractivity contribution in [3.63, 3.8) is 0 Å². The summed E-state index contributed by atoms with van der Waals surface area (Å²) in [6, 6.07) is 21.9. The fourth-order valence-electron chi connectivity index (χ4n) is 4.95. The molecule has 0 spiro atoms. The van der Waals surface area contributed by atoms with Crippen LogP contribution in [0.3, 0.4) is 0 Å². The number of hydrogen-bond donors (Lipinski definition) is 2. The molecule has 1 saturated carbocycles. The lowest BCUT2D eigenvalue weighted by molar-refractivity contribution is 0.0691. The fourth-order valence-corrected chi connectivity index (χ4v) is 6.22. The minimum Gasteiger partial charge on any atom is -0.870 e. The molecular weight excluding hydrogens is 590 g/mol. The number of nitrogens with zero attached hydrogens (tertiary/aromatic N) is 4. The molecular formula is C31H26FN5O4S2. The molecule has 1 aliphatic rings. The highest BCUT2D eigenvalue weighted by Crippen LogP contribution is 2.39. The molecule has 6 rings (SSSR count). The van der Waals surface area contributed by atoms with E-state index in [1.807, 2.05) is 36.4 Å². The Morgan fingerprint density at radius 1 is 1.12 bits per heavy atom. The van der Waals surface area contributed by atoms with E-state index < -0.39 is 22.8 Å². The van der Waals surface area contributed by atoms with Crippen LogP contribution in [0.25, 0.3) is 27.5 Å². The number of thiazole rings is 1. The Morgan fingerprint density at radius 3 is 2.49 bits per heavy atom. The number of aromatic carboxylic acids is 1. The van der Waals surface area contributed by atoms with Crippen LogP contribution in [0.2, 0.25) is 0 Å². The maximum atomic E-state index is 14.8. The van der Waals surface area contributed by atoms with Crippen LogP contribution in [0.1, 0.15) is 45.7 Å². The Balaban J connectivity index is 0.00000368. The molecule has 1 aliphatic carbocycles. The van der Waals surface area contributed by atoms with Crippen LogP contribution in [0.15, 0.2) is 77.0 Å². The first-order valence-electron chi connectivity index (χ1n) is 13.2. The summed E-state index contributed by atoms with van der Waals surface area (Å²) in [5.41, 5.74) is 6.36. The number of nitriles is 1. The first-order chi connectivity index (χ1) is 20.3. The summed E-state index contributed by atoms with van der Waals surface area (Å²) in [5, 5.41) is 31.1. The average Bonchev–Trinajstić information content (AvgIpc) is 3.55. The highest BCUT2D eigenvalue weighted by molar-refractivity contribution is 7.82. The number of carbonyl (C=O) groups is 1. The maximum absolute atomic E-state index is 14.8. The summed E-state index contributed by atoms with van der Waals surface area (Å²) in [4.78, 5) is 15.9. The van der Waals surface area contributed by atoms with Crippen molar-refractivity contribution in [2.45, 2.75) is 30.6 Å². The second kappa shape index (κ2) is 12.4. The van der Waals surface area contributed by atoms with Crippen molar-refractivity contribution in [1.29, 1.82) is 5.26 Å². The van der Waals surface area contributed by atoms with E-state index in [9.17, 15) is 23.8 Å². The molecule has 9 nitrogen and oxygen atoms in total. The summed E-state index contributed by atoms with van der Waals surface area (Å²) >= 11 is 1.20. The zero-order valence-corrected chi connectivity index (χ0v) is 24.4. The van der Waals surface area contributed by atoms with Gasteiger partial charge >= 0.3 is 5.97 Å². The molecule has 1 unspecified atom stereocenters. The van der Waals surface area contributed by atoms with Crippen molar-refractivity contribution in [2.24, 2.45) is 11.1 Å². The fraction of sp³-hybridized carbons (Fsp3) is 0.161. The van der Waals surface area contributed by atoms with Crippen molar-refractivity contribution in [1.82, 2.24) is 14.8 Å². The van der Waals surface area contributed by atoms with E-state index >= 15 is 0 Å². The third-order valence-electron chi connectivity index (χ3n) is 7.27. The van der Waals surface area contributed by atoms with Gasteiger partial charge < -0.3 is 10.6 Å². The van der Waals surface area contributed by atoms with Gasteiger partial charge in [0, 0.05) is 22.9 Å². The largest absolute Gasteiger partial charge is 0.870 e. The zero-order chi connectivity index (χ0) is 29.4. The minimum absolute atomic E-state index is 0. The van der Waals surface area contributed by atoms with Gasteiger partial charge in [-0.2, -0.15) is 10.4 Å². The van der Waals surface area contributed by atoms with E-state index in [1.165, 1.54) is 28.8 Å². The van der Waals surface area contributed by atoms with Crippen LogP contribution >= 0.6 is 11.3 Å². The first-order valence-corrected chi connectivity index (χ1v) is 15.4. The van der Waals surface area contributed by atoms with Gasteiger partial charge in [0.2, 0.25) is 10.0 Å². The number of benzene rings is 3. The van der Waals surface area contributed by atoms with E-state index in [0.29, 0.717) is 34.3 Å². The highest BCUT2D eigenvalue weighted by atomic mass is 32.2. The van der Waals surface area contributed by atoms with Gasteiger partial charge in [-0.25, -0.2) is 18.9 Å².